The van der Waals surface area contributed by atoms with Gasteiger partial charge in [0.25, 0.3) is 0 Å². The van der Waals surface area contributed by atoms with Crippen LogP contribution in [0.3, 0.4) is 0 Å². The van der Waals surface area contributed by atoms with E-state index in [1.54, 1.807) is 6.92 Å². The minimum atomic E-state index is -0.387. The van der Waals surface area contributed by atoms with Crippen molar-refractivity contribution in [1.29, 1.82) is 0 Å². The Kier molecular flexibility index (Phi) is 5.50. The summed E-state index contributed by atoms with van der Waals surface area (Å²) in [5.74, 6) is 0. The Bertz CT molecular complexity index is 132. The molecule has 0 aliphatic carbocycles. The van der Waals surface area contributed by atoms with Gasteiger partial charge >= 0.3 is 6.09 Å². The minimum Gasteiger partial charge on any atom is -0.449 e. The van der Waals surface area contributed by atoms with E-state index < -0.39 is 0 Å². The summed E-state index contributed by atoms with van der Waals surface area (Å²) in [7, 11) is 5.43. The Morgan fingerprint density at radius 3 is 2.55 bits per heavy atom. The van der Waals surface area contributed by atoms with E-state index in [2.05, 4.69) is 0 Å². The fourth-order valence-corrected chi connectivity index (χ4v) is 1.42. The number of hydrogen-bond acceptors (Lipinski definition) is 3. The lowest BCUT2D eigenvalue weighted by Gasteiger charge is -2.20. The number of ether oxygens (including phenoxy) is 1. The molecule has 0 atom stereocenters. The van der Waals surface area contributed by atoms with E-state index in [1.807, 2.05) is 13.8 Å². The molecule has 0 saturated heterocycles. The third-order valence-electron chi connectivity index (χ3n) is 0.991. The van der Waals surface area contributed by atoms with Gasteiger partial charge < -0.3 is 4.74 Å². The van der Waals surface area contributed by atoms with Crippen molar-refractivity contribution in [2.75, 3.05) is 6.61 Å². The SMILES string of the molecule is CCOC(=O)N(SCl)C(C)C. The van der Waals surface area contributed by atoms with Gasteiger partial charge in [-0.05, 0) is 31.5 Å². The highest BCUT2D eigenvalue weighted by Gasteiger charge is 2.17. The van der Waals surface area contributed by atoms with E-state index in [4.69, 9.17) is 15.4 Å². The predicted molar refractivity (Wildman–Crippen MR) is 47.4 cm³/mol. The summed E-state index contributed by atoms with van der Waals surface area (Å²) in [5.41, 5.74) is 0. The third-order valence-corrected chi connectivity index (χ3v) is 2.16. The van der Waals surface area contributed by atoms with Gasteiger partial charge in [0, 0.05) is 6.04 Å². The molecule has 11 heavy (non-hydrogen) atoms. The molecule has 0 fully saturated rings. The number of carbonyl (C=O) groups excluding carboxylic acids is 1. The van der Waals surface area contributed by atoms with E-state index >= 15 is 0 Å². The van der Waals surface area contributed by atoms with Gasteiger partial charge in [0.15, 0.2) is 0 Å². The van der Waals surface area contributed by atoms with Gasteiger partial charge in [-0.2, -0.15) is 0 Å². The van der Waals surface area contributed by atoms with Gasteiger partial charge in [-0.1, -0.05) is 0 Å². The van der Waals surface area contributed by atoms with Gasteiger partial charge in [-0.25, -0.2) is 9.10 Å². The Balaban J connectivity index is 3.92. The second-order valence-corrected chi connectivity index (χ2v) is 3.13. The van der Waals surface area contributed by atoms with Crippen molar-refractivity contribution in [3.05, 3.63) is 0 Å². The van der Waals surface area contributed by atoms with E-state index in [0.29, 0.717) is 6.61 Å². The second kappa shape index (κ2) is 5.55. The highest BCUT2D eigenvalue weighted by atomic mass is 35.7. The zero-order valence-corrected chi connectivity index (χ0v) is 8.41. The summed E-state index contributed by atoms with van der Waals surface area (Å²) in [6.07, 6.45) is -0.387. The molecule has 0 aromatic carbocycles. The molecule has 0 spiro atoms. The molecule has 0 heterocycles. The molecule has 3 nitrogen and oxygen atoms in total. The fourth-order valence-electron chi connectivity index (χ4n) is 0.506. The first-order valence-electron chi connectivity index (χ1n) is 3.38. The molecule has 0 saturated carbocycles. The summed E-state index contributed by atoms with van der Waals surface area (Å²) in [6.45, 7) is 5.87. The maximum atomic E-state index is 11.0. The van der Waals surface area contributed by atoms with E-state index in [1.165, 1.54) is 4.31 Å². The van der Waals surface area contributed by atoms with Crippen LogP contribution < -0.4 is 0 Å². The first-order chi connectivity index (χ1) is 5.13. The standard InChI is InChI=1S/C6H12ClNO2S/c1-4-10-6(9)8(11-7)5(2)3/h5H,4H2,1-3H3. The summed E-state index contributed by atoms with van der Waals surface area (Å²) >= 11 is 0.857. The molecule has 1 amide bonds. The quantitative estimate of drug-likeness (QED) is 0.652. The van der Waals surface area contributed by atoms with Crippen LogP contribution >= 0.6 is 21.8 Å². The number of halogens is 1. The number of nitrogens with zero attached hydrogens (tertiary/aromatic N) is 1. The van der Waals surface area contributed by atoms with Gasteiger partial charge in [0.1, 0.15) is 0 Å². The van der Waals surface area contributed by atoms with Crippen molar-refractivity contribution < 1.29 is 9.53 Å². The Labute approximate surface area is 75.7 Å². The lowest BCUT2D eigenvalue weighted by Crippen LogP contribution is -2.30. The van der Waals surface area contributed by atoms with Crippen LogP contribution in [0.4, 0.5) is 4.79 Å². The van der Waals surface area contributed by atoms with Crippen molar-refractivity contribution in [3.8, 4) is 0 Å². The summed E-state index contributed by atoms with van der Waals surface area (Å²) in [5, 5.41) is 0. The number of carbonyl (C=O) groups is 1. The minimum absolute atomic E-state index is 0.0524. The molecular weight excluding hydrogens is 186 g/mol. The molecule has 0 rings (SSSR count). The maximum absolute atomic E-state index is 11.0. The van der Waals surface area contributed by atoms with Gasteiger partial charge in [-0.15, -0.1) is 0 Å². The summed E-state index contributed by atoms with van der Waals surface area (Å²) in [4.78, 5) is 11.0. The molecule has 5 heteroatoms. The molecule has 0 aliphatic heterocycles. The van der Waals surface area contributed by atoms with E-state index in [-0.39, 0.29) is 12.1 Å². The highest BCUT2D eigenvalue weighted by Crippen LogP contribution is 2.19. The first kappa shape index (κ1) is 10.9. The molecule has 0 aliphatic rings. The van der Waals surface area contributed by atoms with Crippen LogP contribution in [0.1, 0.15) is 20.8 Å². The molecule has 0 N–H and O–H groups in total. The second-order valence-electron chi connectivity index (χ2n) is 2.19. The van der Waals surface area contributed by atoms with Crippen LogP contribution in [0.5, 0.6) is 0 Å². The van der Waals surface area contributed by atoms with Crippen molar-refractivity contribution in [2.24, 2.45) is 0 Å². The van der Waals surface area contributed by atoms with E-state index in [0.717, 1.165) is 11.2 Å². The topological polar surface area (TPSA) is 29.5 Å². The fraction of sp³-hybridized carbons (Fsp3) is 0.833. The highest BCUT2D eigenvalue weighted by molar-refractivity contribution is 8.19. The number of hydrogen-bond donors (Lipinski definition) is 0. The lowest BCUT2D eigenvalue weighted by atomic mass is 10.4. The largest absolute Gasteiger partial charge is 0.449 e. The van der Waals surface area contributed by atoms with Crippen LogP contribution in [0.25, 0.3) is 0 Å². The van der Waals surface area contributed by atoms with Gasteiger partial charge in [0.05, 0.1) is 17.8 Å². The summed E-state index contributed by atoms with van der Waals surface area (Å²) in [6, 6.07) is 0.0524. The zero-order valence-electron chi connectivity index (χ0n) is 6.83. The molecule has 0 radical (unpaired) electrons. The molecular formula is C6H12ClNO2S. The molecule has 0 unspecified atom stereocenters. The average molecular weight is 198 g/mol. The van der Waals surface area contributed by atoms with Crippen LogP contribution in [-0.4, -0.2) is 23.0 Å². The van der Waals surface area contributed by atoms with E-state index in [9.17, 15) is 4.79 Å². The Hall–Kier alpha value is -0.0900. The smallest absolute Gasteiger partial charge is 0.421 e. The average Bonchev–Trinajstić information content (AvgIpc) is 1.88. The predicted octanol–water partition coefficient (Wildman–Crippen LogP) is 2.66. The van der Waals surface area contributed by atoms with Crippen molar-refractivity contribution in [2.45, 2.75) is 26.8 Å². The normalized spacial score (nSPS) is 9.91. The maximum Gasteiger partial charge on any atom is 0.421 e. The summed E-state index contributed by atoms with van der Waals surface area (Å²) < 4.78 is 6.10. The number of amides is 1. The van der Waals surface area contributed by atoms with Crippen LogP contribution in [-0.2, 0) is 4.74 Å². The first-order valence-corrected chi connectivity index (χ1v) is 4.98. The van der Waals surface area contributed by atoms with Gasteiger partial charge in [0.2, 0.25) is 0 Å². The lowest BCUT2D eigenvalue weighted by molar-refractivity contribution is 0.128. The van der Waals surface area contributed by atoms with Crippen LogP contribution in [0.15, 0.2) is 0 Å². The monoisotopic (exact) mass is 197 g/mol. The van der Waals surface area contributed by atoms with Crippen molar-refractivity contribution >= 4 is 27.9 Å². The van der Waals surface area contributed by atoms with Crippen LogP contribution in [0.2, 0.25) is 0 Å². The van der Waals surface area contributed by atoms with Crippen molar-refractivity contribution in [1.82, 2.24) is 4.31 Å². The Morgan fingerprint density at radius 1 is 1.73 bits per heavy atom. The molecule has 0 aromatic rings. The molecule has 66 valence electrons. The zero-order chi connectivity index (χ0) is 8.85. The third kappa shape index (κ3) is 3.72. The van der Waals surface area contributed by atoms with Crippen LogP contribution in [0, 0.1) is 0 Å². The number of rotatable bonds is 3. The van der Waals surface area contributed by atoms with Crippen molar-refractivity contribution in [3.63, 3.8) is 0 Å². The Morgan fingerprint density at radius 2 is 2.27 bits per heavy atom. The molecule has 0 aromatic heterocycles. The molecule has 0 bridgehead atoms. The van der Waals surface area contributed by atoms with Gasteiger partial charge in [-0.3, -0.25) is 0 Å².